The maximum Gasteiger partial charge on any atom is 0.0594 e. The van der Waals surface area contributed by atoms with E-state index in [-0.39, 0.29) is 0 Å². The molecule has 0 rings (SSSR count). The normalized spacial score (nSPS) is 14.1. The van der Waals surface area contributed by atoms with Crippen molar-refractivity contribution in [3.8, 4) is 0 Å². The zero-order valence-electron chi connectivity index (χ0n) is 9.76. The minimum atomic E-state index is 0.349. The van der Waals surface area contributed by atoms with E-state index in [0.717, 1.165) is 19.1 Å². The molecule has 0 fully saturated rings. The summed E-state index contributed by atoms with van der Waals surface area (Å²) in [6.07, 6.45) is 1.59. The molecule has 0 bridgehead atoms. The fourth-order valence-corrected chi connectivity index (χ4v) is 1.39. The van der Waals surface area contributed by atoms with Crippen LogP contribution in [0.5, 0.6) is 0 Å². The average Bonchev–Trinajstić information content (AvgIpc) is 1.96. The van der Waals surface area contributed by atoms with Crippen LogP contribution in [0.2, 0.25) is 0 Å². The minimum Gasteiger partial charge on any atom is -0.377 e. The first-order chi connectivity index (χ1) is 6.02. The van der Waals surface area contributed by atoms with E-state index in [9.17, 15) is 0 Å². The van der Waals surface area contributed by atoms with Gasteiger partial charge in [-0.05, 0) is 33.1 Å². The van der Waals surface area contributed by atoms with Crippen LogP contribution in [0.15, 0.2) is 0 Å². The Bertz CT molecular complexity index is 113. The van der Waals surface area contributed by atoms with Gasteiger partial charge in [-0.25, -0.2) is 0 Å². The van der Waals surface area contributed by atoms with E-state index in [2.05, 4.69) is 39.9 Å². The molecule has 0 heterocycles. The third-order valence-corrected chi connectivity index (χ3v) is 1.87. The maximum atomic E-state index is 5.43. The average molecular weight is 187 g/mol. The molecule has 1 unspecified atom stereocenters. The van der Waals surface area contributed by atoms with E-state index in [0.29, 0.717) is 12.1 Å². The Labute approximate surface area is 83.1 Å². The summed E-state index contributed by atoms with van der Waals surface area (Å²) >= 11 is 0. The Balaban J connectivity index is 3.22. The zero-order chi connectivity index (χ0) is 10.3. The van der Waals surface area contributed by atoms with Gasteiger partial charge < -0.3 is 10.1 Å². The van der Waals surface area contributed by atoms with Gasteiger partial charge in [0, 0.05) is 12.6 Å². The van der Waals surface area contributed by atoms with Crippen LogP contribution in [0.4, 0.5) is 0 Å². The second-order valence-corrected chi connectivity index (χ2v) is 4.40. The highest BCUT2D eigenvalue weighted by Crippen LogP contribution is 2.03. The number of hydrogen-bond acceptors (Lipinski definition) is 2. The van der Waals surface area contributed by atoms with Crippen LogP contribution < -0.4 is 5.32 Å². The molecule has 2 nitrogen and oxygen atoms in total. The summed E-state index contributed by atoms with van der Waals surface area (Å²) in [5.41, 5.74) is 0. The Hall–Kier alpha value is -0.0800. The third kappa shape index (κ3) is 9.84. The lowest BCUT2D eigenvalue weighted by atomic mass is 10.1. The molecule has 2 heteroatoms. The highest BCUT2D eigenvalue weighted by Gasteiger charge is 2.03. The van der Waals surface area contributed by atoms with E-state index in [1.165, 1.54) is 6.42 Å². The fourth-order valence-electron chi connectivity index (χ4n) is 1.39. The van der Waals surface area contributed by atoms with Gasteiger partial charge in [0.1, 0.15) is 0 Å². The lowest BCUT2D eigenvalue weighted by Gasteiger charge is -2.16. The van der Waals surface area contributed by atoms with Gasteiger partial charge in [-0.3, -0.25) is 0 Å². The predicted molar refractivity (Wildman–Crippen MR) is 58.0 cm³/mol. The number of rotatable bonds is 7. The summed E-state index contributed by atoms with van der Waals surface area (Å²) in [5.74, 6) is 0.772. The number of hydrogen-bond donors (Lipinski definition) is 1. The lowest BCUT2D eigenvalue weighted by Crippen LogP contribution is -2.31. The van der Waals surface area contributed by atoms with Gasteiger partial charge in [-0.15, -0.1) is 0 Å². The molecular formula is C11H25NO. The van der Waals surface area contributed by atoms with E-state index < -0.39 is 0 Å². The van der Waals surface area contributed by atoms with E-state index in [4.69, 9.17) is 4.74 Å². The van der Waals surface area contributed by atoms with Crippen molar-refractivity contribution in [3.63, 3.8) is 0 Å². The van der Waals surface area contributed by atoms with Crippen LogP contribution in [-0.2, 0) is 4.74 Å². The Morgan fingerprint density at radius 1 is 1.08 bits per heavy atom. The van der Waals surface area contributed by atoms with Gasteiger partial charge in [0.25, 0.3) is 0 Å². The summed E-state index contributed by atoms with van der Waals surface area (Å²) < 4.78 is 5.43. The van der Waals surface area contributed by atoms with Crippen LogP contribution >= 0.6 is 0 Å². The van der Waals surface area contributed by atoms with Crippen molar-refractivity contribution in [2.75, 3.05) is 13.2 Å². The molecule has 1 N–H and O–H groups in total. The van der Waals surface area contributed by atoms with Crippen molar-refractivity contribution in [1.29, 1.82) is 0 Å². The van der Waals surface area contributed by atoms with E-state index in [1.807, 2.05) is 0 Å². The topological polar surface area (TPSA) is 21.3 Å². The smallest absolute Gasteiger partial charge is 0.0594 e. The van der Waals surface area contributed by atoms with Gasteiger partial charge >= 0.3 is 0 Å². The molecule has 0 saturated heterocycles. The van der Waals surface area contributed by atoms with Crippen molar-refractivity contribution >= 4 is 0 Å². The largest absolute Gasteiger partial charge is 0.377 e. The minimum absolute atomic E-state index is 0.349. The van der Waals surface area contributed by atoms with Crippen molar-refractivity contribution < 1.29 is 4.74 Å². The predicted octanol–water partition coefficient (Wildman–Crippen LogP) is 2.44. The summed E-state index contributed by atoms with van der Waals surface area (Å²) in [6, 6.07) is 0.607. The standard InChI is InChI=1S/C11H25NO/c1-9(2)8-11(5)12-6-7-13-10(3)4/h9-12H,6-8H2,1-5H3. The van der Waals surface area contributed by atoms with Crippen LogP contribution in [0.3, 0.4) is 0 Å². The monoisotopic (exact) mass is 187 g/mol. The van der Waals surface area contributed by atoms with Crippen LogP contribution in [-0.4, -0.2) is 25.3 Å². The van der Waals surface area contributed by atoms with Crippen LogP contribution in [0.25, 0.3) is 0 Å². The van der Waals surface area contributed by atoms with Crippen molar-refractivity contribution in [2.24, 2.45) is 5.92 Å². The van der Waals surface area contributed by atoms with Crippen molar-refractivity contribution in [1.82, 2.24) is 5.32 Å². The summed E-state index contributed by atoms with van der Waals surface area (Å²) in [5, 5.41) is 3.44. The molecule has 13 heavy (non-hydrogen) atoms. The maximum absolute atomic E-state index is 5.43. The molecule has 0 aromatic heterocycles. The lowest BCUT2D eigenvalue weighted by molar-refractivity contribution is 0.0792. The van der Waals surface area contributed by atoms with Crippen LogP contribution in [0.1, 0.15) is 41.0 Å². The molecule has 0 aromatic rings. The zero-order valence-corrected chi connectivity index (χ0v) is 9.76. The molecule has 0 amide bonds. The van der Waals surface area contributed by atoms with Crippen molar-refractivity contribution in [2.45, 2.75) is 53.2 Å². The van der Waals surface area contributed by atoms with Gasteiger partial charge in [0.15, 0.2) is 0 Å². The summed E-state index contributed by atoms with van der Waals surface area (Å²) in [6.45, 7) is 12.7. The van der Waals surface area contributed by atoms with Gasteiger partial charge in [-0.1, -0.05) is 13.8 Å². The molecule has 0 saturated carbocycles. The van der Waals surface area contributed by atoms with Gasteiger partial charge in [-0.2, -0.15) is 0 Å². The summed E-state index contributed by atoms with van der Waals surface area (Å²) in [7, 11) is 0. The first-order valence-corrected chi connectivity index (χ1v) is 5.37. The highest BCUT2D eigenvalue weighted by atomic mass is 16.5. The Morgan fingerprint density at radius 3 is 2.15 bits per heavy atom. The second kappa shape index (κ2) is 7.34. The molecule has 0 aliphatic carbocycles. The molecule has 0 aliphatic rings. The Morgan fingerprint density at radius 2 is 1.69 bits per heavy atom. The fraction of sp³-hybridized carbons (Fsp3) is 1.00. The number of nitrogens with one attached hydrogen (secondary N) is 1. The van der Waals surface area contributed by atoms with E-state index >= 15 is 0 Å². The third-order valence-electron chi connectivity index (χ3n) is 1.87. The molecule has 80 valence electrons. The molecule has 1 atom stereocenters. The highest BCUT2D eigenvalue weighted by molar-refractivity contribution is 4.62. The SMILES string of the molecule is CC(C)CC(C)NCCOC(C)C. The molecule has 0 aliphatic heterocycles. The first kappa shape index (κ1) is 12.9. The van der Waals surface area contributed by atoms with E-state index in [1.54, 1.807) is 0 Å². The van der Waals surface area contributed by atoms with Gasteiger partial charge in [0.05, 0.1) is 12.7 Å². The first-order valence-electron chi connectivity index (χ1n) is 5.37. The van der Waals surface area contributed by atoms with Crippen molar-refractivity contribution in [3.05, 3.63) is 0 Å². The summed E-state index contributed by atoms with van der Waals surface area (Å²) in [4.78, 5) is 0. The second-order valence-electron chi connectivity index (χ2n) is 4.40. The molecule has 0 radical (unpaired) electrons. The van der Waals surface area contributed by atoms with Gasteiger partial charge in [0.2, 0.25) is 0 Å². The number of ether oxygens (including phenoxy) is 1. The molecule has 0 aromatic carbocycles. The molecule has 0 spiro atoms. The molecular weight excluding hydrogens is 162 g/mol. The Kier molecular flexibility index (Phi) is 7.29. The van der Waals surface area contributed by atoms with Crippen LogP contribution in [0, 0.1) is 5.92 Å². The quantitative estimate of drug-likeness (QED) is 0.618.